The highest BCUT2D eigenvalue weighted by Crippen LogP contribution is 2.30. The lowest BCUT2D eigenvalue weighted by molar-refractivity contribution is 0.0600. The first kappa shape index (κ1) is 22.7. The van der Waals surface area contributed by atoms with E-state index in [1.54, 1.807) is 47.3 Å². The smallest absolute Gasteiger partial charge is 0.337 e. The third kappa shape index (κ3) is 5.30. The van der Waals surface area contributed by atoms with Crippen LogP contribution in [0.4, 0.5) is 0 Å². The fourth-order valence-electron chi connectivity index (χ4n) is 3.32. The number of carbonyl (C=O) groups excluding carboxylic acids is 1. The van der Waals surface area contributed by atoms with Crippen molar-refractivity contribution in [1.82, 2.24) is 4.68 Å². The third-order valence-electron chi connectivity index (χ3n) is 5.00. The van der Waals surface area contributed by atoms with Crippen molar-refractivity contribution in [3.63, 3.8) is 0 Å². The predicted molar refractivity (Wildman–Crippen MR) is 128 cm³/mol. The topological polar surface area (TPSA) is 65.2 Å². The molecule has 1 saturated heterocycles. The summed E-state index contributed by atoms with van der Waals surface area (Å²) in [5, 5.41) is 7.75. The van der Waals surface area contributed by atoms with Gasteiger partial charge in [0.25, 0.3) is 0 Å². The molecule has 1 aliphatic rings. The number of esters is 1. The molecule has 166 valence electrons. The summed E-state index contributed by atoms with van der Waals surface area (Å²) in [6.07, 6.45) is 3.94. The minimum absolute atomic E-state index is 0.142. The highest BCUT2D eigenvalue weighted by molar-refractivity contribution is 7.07. The van der Waals surface area contributed by atoms with Gasteiger partial charge in [-0.25, -0.2) is 9.47 Å². The number of benzene rings is 2. The first-order chi connectivity index (χ1) is 15.5. The van der Waals surface area contributed by atoms with Crippen LogP contribution in [0.5, 0.6) is 0 Å². The zero-order valence-corrected chi connectivity index (χ0v) is 19.7. The zero-order chi connectivity index (χ0) is 22.5. The number of hydrogen-bond donors (Lipinski definition) is 0. The molecule has 1 atom stereocenters. The molecule has 0 saturated carbocycles. The number of carbonyl (C=O) groups is 1. The molecule has 1 fully saturated rings. The first-order valence-electron chi connectivity index (χ1n) is 10.1. The summed E-state index contributed by atoms with van der Waals surface area (Å²) in [4.78, 5) is 17.1. The van der Waals surface area contributed by atoms with E-state index in [1.807, 2.05) is 11.4 Å². The Bertz CT molecular complexity index is 1200. The van der Waals surface area contributed by atoms with Gasteiger partial charge in [0, 0.05) is 22.6 Å². The molecule has 32 heavy (non-hydrogen) atoms. The van der Waals surface area contributed by atoms with Crippen molar-refractivity contribution in [1.29, 1.82) is 0 Å². The molecule has 0 unspecified atom stereocenters. The van der Waals surface area contributed by atoms with Gasteiger partial charge in [-0.3, -0.25) is 4.99 Å². The maximum absolute atomic E-state index is 11.6. The van der Waals surface area contributed by atoms with Gasteiger partial charge in [-0.05, 0) is 48.7 Å². The van der Waals surface area contributed by atoms with Crippen LogP contribution in [0.3, 0.4) is 0 Å². The van der Waals surface area contributed by atoms with E-state index in [1.165, 1.54) is 18.4 Å². The van der Waals surface area contributed by atoms with Crippen molar-refractivity contribution < 1.29 is 14.3 Å². The van der Waals surface area contributed by atoms with Crippen molar-refractivity contribution in [3.8, 4) is 11.3 Å². The van der Waals surface area contributed by atoms with E-state index >= 15 is 0 Å². The van der Waals surface area contributed by atoms with Crippen LogP contribution >= 0.6 is 34.5 Å². The second-order valence-electron chi connectivity index (χ2n) is 7.17. The van der Waals surface area contributed by atoms with Crippen molar-refractivity contribution in [2.75, 3.05) is 20.3 Å². The SMILES string of the molecule is COC(=O)c1ccc(/C=N\n2c(-c3ccc(Cl)cc3Cl)csc2=NC[C@@H]2CCCO2)cc1. The maximum atomic E-state index is 11.6. The predicted octanol–water partition coefficient (Wildman–Crippen LogP) is 5.27. The van der Waals surface area contributed by atoms with Gasteiger partial charge in [0.1, 0.15) is 0 Å². The highest BCUT2D eigenvalue weighted by atomic mass is 35.5. The molecule has 3 aromatic rings. The quantitative estimate of drug-likeness (QED) is 0.349. The number of nitrogens with zero attached hydrogens (tertiary/aromatic N) is 3. The molecule has 0 radical (unpaired) electrons. The van der Waals surface area contributed by atoms with Crippen LogP contribution in [-0.4, -0.2) is 43.2 Å². The molecular formula is C23H21Cl2N3O3S. The van der Waals surface area contributed by atoms with Crippen LogP contribution in [0.2, 0.25) is 10.0 Å². The largest absolute Gasteiger partial charge is 0.465 e. The summed E-state index contributed by atoms with van der Waals surface area (Å²) >= 11 is 14.0. The molecule has 1 aliphatic heterocycles. The fraction of sp³-hybridized carbons (Fsp3) is 0.261. The van der Waals surface area contributed by atoms with E-state index in [0.29, 0.717) is 22.2 Å². The Kier molecular flexibility index (Phi) is 7.42. The van der Waals surface area contributed by atoms with Gasteiger partial charge in [0.05, 0.1) is 42.3 Å². The summed E-state index contributed by atoms with van der Waals surface area (Å²) < 4.78 is 12.2. The van der Waals surface area contributed by atoms with E-state index in [2.05, 4.69) is 5.10 Å². The van der Waals surface area contributed by atoms with Crippen LogP contribution in [0.1, 0.15) is 28.8 Å². The van der Waals surface area contributed by atoms with Crippen molar-refractivity contribution in [3.05, 3.63) is 73.8 Å². The monoisotopic (exact) mass is 489 g/mol. The number of methoxy groups -OCH3 is 1. The van der Waals surface area contributed by atoms with Crippen molar-refractivity contribution in [2.24, 2.45) is 10.1 Å². The Morgan fingerprint density at radius 2 is 2.09 bits per heavy atom. The average Bonchev–Trinajstić information content (AvgIpc) is 3.46. The van der Waals surface area contributed by atoms with Gasteiger partial charge in [0.2, 0.25) is 4.80 Å². The normalized spacial score (nSPS) is 16.7. The van der Waals surface area contributed by atoms with Gasteiger partial charge in [-0.1, -0.05) is 35.3 Å². The molecule has 2 heterocycles. The second-order valence-corrected chi connectivity index (χ2v) is 8.85. The van der Waals surface area contributed by atoms with Gasteiger partial charge < -0.3 is 9.47 Å². The lowest BCUT2D eigenvalue weighted by Crippen LogP contribution is -2.17. The Balaban J connectivity index is 1.70. The van der Waals surface area contributed by atoms with E-state index in [0.717, 1.165) is 41.1 Å². The lowest BCUT2D eigenvalue weighted by Gasteiger charge is -2.07. The fourth-order valence-corrected chi connectivity index (χ4v) is 4.66. The average molecular weight is 490 g/mol. The lowest BCUT2D eigenvalue weighted by atomic mass is 10.1. The van der Waals surface area contributed by atoms with Gasteiger partial charge in [-0.2, -0.15) is 5.10 Å². The molecule has 1 aromatic heterocycles. The van der Waals surface area contributed by atoms with E-state index in [9.17, 15) is 4.79 Å². The Hall–Kier alpha value is -2.45. The Morgan fingerprint density at radius 1 is 1.28 bits per heavy atom. The van der Waals surface area contributed by atoms with Crippen LogP contribution in [-0.2, 0) is 9.47 Å². The minimum atomic E-state index is -0.379. The summed E-state index contributed by atoms with van der Waals surface area (Å²) in [5.74, 6) is -0.379. The Morgan fingerprint density at radius 3 is 2.78 bits per heavy atom. The molecule has 6 nitrogen and oxygen atoms in total. The highest BCUT2D eigenvalue weighted by Gasteiger charge is 2.16. The van der Waals surface area contributed by atoms with Crippen LogP contribution in [0.15, 0.2) is 57.9 Å². The summed E-state index contributed by atoms with van der Waals surface area (Å²) in [6.45, 7) is 1.37. The van der Waals surface area contributed by atoms with Crippen LogP contribution in [0.25, 0.3) is 11.3 Å². The van der Waals surface area contributed by atoms with Crippen LogP contribution in [0, 0.1) is 0 Å². The summed E-state index contributed by atoms with van der Waals surface area (Å²) in [6, 6.07) is 12.4. The number of halogens is 2. The molecular weight excluding hydrogens is 469 g/mol. The number of thiazole rings is 1. The molecule has 0 aliphatic carbocycles. The molecule has 4 rings (SSSR count). The molecule has 2 aromatic carbocycles. The van der Waals surface area contributed by atoms with Crippen molar-refractivity contribution in [2.45, 2.75) is 18.9 Å². The zero-order valence-electron chi connectivity index (χ0n) is 17.3. The van der Waals surface area contributed by atoms with E-state index < -0.39 is 0 Å². The summed E-state index contributed by atoms with van der Waals surface area (Å²) in [5.41, 5.74) is 2.93. The van der Waals surface area contributed by atoms with Crippen molar-refractivity contribution >= 4 is 46.7 Å². The Labute approximate surface area is 199 Å². The van der Waals surface area contributed by atoms with E-state index in [4.69, 9.17) is 37.7 Å². The molecule has 0 spiro atoms. The molecule has 0 bridgehead atoms. The van der Waals surface area contributed by atoms with Crippen LogP contribution < -0.4 is 4.80 Å². The maximum Gasteiger partial charge on any atom is 0.337 e. The number of aromatic nitrogens is 1. The third-order valence-corrected chi connectivity index (χ3v) is 6.40. The number of hydrogen-bond acceptors (Lipinski definition) is 6. The minimum Gasteiger partial charge on any atom is -0.465 e. The second kappa shape index (κ2) is 10.4. The standard InChI is InChI=1S/C23H21Cl2N3O3S/c1-30-22(29)16-6-4-15(5-7-16)12-27-28-21(19-9-8-17(24)11-20(19)25)14-32-23(28)26-13-18-3-2-10-31-18/h4-9,11-12,14,18H,2-3,10,13H2,1H3/b26-23?,27-12-/t18-/m0/s1. The number of ether oxygens (including phenoxy) is 2. The van der Waals surface area contributed by atoms with Gasteiger partial charge in [-0.15, -0.1) is 11.3 Å². The molecule has 9 heteroatoms. The van der Waals surface area contributed by atoms with E-state index in [-0.39, 0.29) is 12.1 Å². The molecule has 0 N–H and O–H groups in total. The van der Waals surface area contributed by atoms with Gasteiger partial charge in [0.15, 0.2) is 0 Å². The van der Waals surface area contributed by atoms with Gasteiger partial charge >= 0.3 is 5.97 Å². The summed E-state index contributed by atoms with van der Waals surface area (Å²) in [7, 11) is 1.36. The number of rotatable bonds is 6. The first-order valence-corrected chi connectivity index (χ1v) is 11.7. The molecule has 0 amide bonds.